The summed E-state index contributed by atoms with van der Waals surface area (Å²) in [6.45, 7) is 2.29. The highest BCUT2D eigenvalue weighted by atomic mass is 16.4. The average Bonchev–Trinajstić information content (AvgIpc) is 1.85. The molecule has 5 heteroatoms. The summed E-state index contributed by atoms with van der Waals surface area (Å²) >= 11 is 0. The minimum atomic E-state index is -1.88. The smallest absolute Gasteiger partial charge is 0.333 e. The summed E-state index contributed by atoms with van der Waals surface area (Å²) in [4.78, 5) is 20.5. The lowest BCUT2D eigenvalue weighted by atomic mass is 9.87. The number of carboxylic acid groups (broad SMARTS) is 2. The lowest BCUT2D eigenvalue weighted by molar-refractivity contribution is -0.166. The Morgan fingerprint density at radius 1 is 1.27 bits per heavy atom. The van der Waals surface area contributed by atoms with E-state index in [0.717, 1.165) is 13.8 Å². The Bertz CT molecular complexity index is 183. The van der Waals surface area contributed by atoms with Crippen LogP contribution in [0.2, 0.25) is 0 Å². The van der Waals surface area contributed by atoms with Gasteiger partial charge in [-0.2, -0.15) is 0 Å². The fraction of sp³-hybridized carbons (Fsp3) is 0.667. The Hall–Kier alpha value is -1.10. The van der Waals surface area contributed by atoms with Gasteiger partial charge in [-0.3, -0.25) is 4.79 Å². The van der Waals surface area contributed by atoms with Gasteiger partial charge in [0.25, 0.3) is 0 Å². The van der Waals surface area contributed by atoms with Crippen LogP contribution in [0.25, 0.3) is 0 Å². The van der Waals surface area contributed by atoms with Gasteiger partial charge in [0.2, 0.25) is 0 Å². The van der Waals surface area contributed by atoms with E-state index in [1.54, 1.807) is 0 Å². The molecule has 0 amide bonds. The molecule has 0 spiro atoms. The molecule has 0 radical (unpaired) electrons. The molecule has 3 N–H and O–H groups in total. The van der Waals surface area contributed by atoms with Crippen LogP contribution in [0.15, 0.2) is 0 Å². The fourth-order valence-corrected chi connectivity index (χ4v) is 0.426. The van der Waals surface area contributed by atoms with Gasteiger partial charge in [-0.1, -0.05) is 0 Å². The number of aliphatic hydroxyl groups excluding tert-OH is 1. The molecule has 64 valence electrons. The van der Waals surface area contributed by atoms with E-state index in [9.17, 15) is 9.59 Å². The van der Waals surface area contributed by atoms with E-state index >= 15 is 0 Å². The zero-order valence-electron chi connectivity index (χ0n) is 6.24. The molecular weight excluding hydrogens is 152 g/mol. The van der Waals surface area contributed by atoms with Gasteiger partial charge in [-0.05, 0) is 13.8 Å². The Morgan fingerprint density at radius 2 is 1.64 bits per heavy atom. The molecule has 0 bridgehead atoms. The molecule has 0 saturated heterocycles. The monoisotopic (exact) mass is 162 g/mol. The summed E-state index contributed by atoms with van der Waals surface area (Å²) < 4.78 is 0. The van der Waals surface area contributed by atoms with Crippen molar-refractivity contribution in [2.45, 2.75) is 20.0 Å². The Morgan fingerprint density at radius 3 is 1.73 bits per heavy atom. The predicted molar refractivity (Wildman–Crippen MR) is 35.1 cm³/mol. The van der Waals surface area contributed by atoms with Crippen LogP contribution in [0, 0.1) is 5.41 Å². The van der Waals surface area contributed by atoms with Crippen molar-refractivity contribution in [3.63, 3.8) is 0 Å². The fourth-order valence-electron chi connectivity index (χ4n) is 0.426. The second-order valence-corrected chi connectivity index (χ2v) is 2.77. The van der Waals surface area contributed by atoms with Crippen LogP contribution in [0.1, 0.15) is 13.8 Å². The Labute approximate surface area is 63.3 Å². The van der Waals surface area contributed by atoms with Gasteiger partial charge in [-0.15, -0.1) is 0 Å². The Kier molecular flexibility index (Phi) is 2.59. The van der Waals surface area contributed by atoms with Crippen molar-refractivity contribution < 1.29 is 24.9 Å². The summed E-state index contributed by atoms with van der Waals surface area (Å²) in [6, 6.07) is 0. The first-order valence-corrected chi connectivity index (χ1v) is 2.94. The van der Waals surface area contributed by atoms with Crippen molar-refractivity contribution in [1.29, 1.82) is 0 Å². The van der Waals surface area contributed by atoms with Crippen molar-refractivity contribution >= 4 is 11.9 Å². The van der Waals surface area contributed by atoms with Gasteiger partial charge < -0.3 is 15.3 Å². The van der Waals surface area contributed by atoms with Gasteiger partial charge in [0, 0.05) is 0 Å². The highest BCUT2D eigenvalue weighted by molar-refractivity contribution is 5.84. The normalized spacial score (nSPS) is 14.1. The lowest BCUT2D eigenvalue weighted by Crippen LogP contribution is -2.42. The van der Waals surface area contributed by atoms with E-state index in [1.807, 2.05) is 0 Å². The standard InChI is InChI=1S/C6H10O5/c1-6(2,5(10)11)3(7)4(8)9/h3,7H,1-2H3,(H,8,9)(H,10,11)/t3-/m1/s1. The third-order valence-electron chi connectivity index (χ3n) is 1.47. The maximum absolute atomic E-state index is 10.3. The molecule has 0 rings (SSSR count). The first-order chi connectivity index (χ1) is 4.80. The highest BCUT2D eigenvalue weighted by Crippen LogP contribution is 2.20. The molecular formula is C6H10O5. The SMILES string of the molecule is CC(C)(C(=O)O)[C@H](O)C(=O)O. The number of carboxylic acids is 2. The van der Waals surface area contributed by atoms with Crippen molar-refractivity contribution in [3.8, 4) is 0 Å². The van der Waals surface area contributed by atoms with Gasteiger partial charge in [0.15, 0.2) is 6.10 Å². The van der Waals surface area contributed by atoms with Crippen molar-refractivity contribution in [1.82, 2.24) is 0 Å². The predicted octanol–water partition coefficient (Wildman–Crippen LogP) is -0.457. The van der Waals surface area contributed by atoms with Gasteiger partial charge in [0.05, 0.1) is 5.41 Å². The molecule has 0 heterocycles. The number of rotatable bonds is 3. The van der Waals surface area contributed by atoms with Crippen LogP contribution in [0.5, 0.6) is 0 Å². The quantitative estimate of drug-likeness (QED) is 0.522. The number of hydrogen-bond donors (Lipinski definition) is 3. The number of carbonyl (C=O) groups is 2. The minimum absolute atomic E-state index is 1.15. The lowest BCUT2D eigenvalue weighted by Gasteiger charge is -2.21. The first kappa shape index (κ1) is 9.90. The molecule has 0 aromatic carbocycles. The van der Waals surface area contributed by atoms with Crippen LogP contribution >= 0.6 is 0 Å². The zero-order valence-corrected chi connectivity index (χ0v) is 6.24. The molecule has 5 nitrogen and oxygen atoms in total. The van der Waals surface area contributed by atoms with Crippen LogP contribution in [0.3, 0.4) is 0 Å². The van der Waals surface area contributed by atoms with E-state index in [2.05, 4.69) is 0 Å². The van der Waals surface area contributed by atoms with Crippen molar-refractivity contribution in [2.24, 2.45) is 5.41 Å². The molecule has 0 unspecified atom stereocenters. The second-order valence-electron chi connectivity index (χ2n) is 2.77. The van der Waals surface area contributed by atoms with E-state index < -0.39 is 23.5 Å². The number of hydrogen-bond acceptors (Lipinski definition) is 3. The summed E-state index contributed by atoms with van der Waals surface area (Å²) in [5, 5.41) is 25.5. The molecule has 0 aliphatic carbocycles. The van der Waals surface area contributed by atoms with Crippen LogP contribution in [0.4, 0.5) is 0 Å². The molecule has 0 aliphatic heterocycles. The van der Waals surface area contributed by atoms with Gasteiger partial charge in [-0.25, -0.2) is 4.79 Å². The third-order valence-corrected chi connectivity index (χ3v) is 1.47. The zero-order chi connectivity index (χ0) is 9.23. The highest BCUT2D eigenvalue weighted by Gasteiger charge is 2.40. The summed E-state index contributed by atoms with van der Waals surface area (Å²) in [5.41, 5.74) is -1.65. The molecule has 0 fully saturated rings. The largest absolute Gasteiger partial charge is 0.481 e. The van der Waals surface area contributed by atoms with Crippen molar-refractivity contribution in [3.05, 3.63) is 0 Å². The van der Waals surface area contributed by atoms with Gasteiger partial charge in [0.1, 0.15) is 0 Å². The van der Waals surface area contributed by atoms with Crippen LogP contribution < -0.4 is 0 Å². The molecule has 1 atom stereocenters. The number of aliphatic hydroxyl groups is 1. The number of aliphatic carboxylic acids is 2. The molecule has 0 aromatic rings. The molecule has 11 heavy (non-hydrogen) atoms. The second kappa shape index (κ2) is 2.87. The maximum Gasteiger partial charge on any atom is 0.333 e. The summed E-state index contributed by atoms with van der Waals surface area (Å²) in [6.07, 6.45) is -1.88. The average molecular weight is 162 g/mol. The minimum Gasteiger partial charge on any atom is -0.481 e. The van der Waals surface area contributed by atoms with E-state index in [1.165, 1.54) is 0 Å². The van der Waals surface area contributed by atoms with Crippen LogP contribution in [-0.4, -0.2) is 33.4 Å². The summed E-state index contributed by atoms with van der Waals surface area (Å²) in [5.74, 6) is -2.87. The van der Waals surface area contributed by atoms with Crippen LogP contribution in [-0.2, 0) is 9.59 Å². The first-order valence-electron chi connectivity index (χ1n) is 2.94. The van der Waals surface area contributed by atoms with E-state index in [4.69, 9.17) is 15.3 Å². The third kappa shape index (κ3) is 1.91. The van der Waals surface area contributed by atoms with Crippen molar-refractivity contribution in [2.75, 3.05) is 0 Å². The van der Waals surface area contributed by atoms with Gasteiger partial charge >= 0.3 is 11.9 Å². The molecule has 0 aliphatic rings. The topological polar surface area (TPSA) is 94.8 Å². The van der Waals surface area contributed by atoms with E-state index in [0.29, 0.717) is 0 Å². The maximum atomic E-state index is 10.3. The summed E-state index contributed by atoms with van der Waals surface area (Å²) in [7, 11) is 0. The Balaban J connectivity index is 4.55. The van der Waals surface area contributed by atoms with E-state index in [-0.39, 0.29) is 0 Å². The molecule has 0 aromatic heterocycles. The molecule has 0 saturated carbocycles.